The number of nitrogen functional groups attached to an aromatic ring is 1. The molecule has 1 fully saturated rings. The normalized spacial score (nSPS) is 17.6. The molecule has 17 heavy (non-hydrogen) atoms. The summed E-state index contributed by atoms with van der Waals surface area (Å²) in [6.45, 7) is 5.89. The fraction of sp³-hybridized carbons (Fsp3) is 0.643. The molecule has 0 atom stereocenters. The zero-order valence-corrected chi connectivity index (χ0v) is 11.7. The molecule has 3 heteroatoms. The lowest BCUT2D eigenvalue weighted by Gasteiger charge is -2.19. The highest BCUT2D eigenvalue weighted by Gasteiger charge is 2.31. The molecule has 0 saturated heterocycles. The van der Waals surface area contributed by atoms with Crippen molar-refractivity contribution in [3.63, 3.8) is 0 Å². The van der Waals surface area contributed by atoms with Gasteiger partial charge in [0.1, 0.15) is 0 Å². The van der Waals surface area contributed by atoms with E-state index in [0.717, 1.165) is 5.56 Å². The molecule has 1 aliphatic rings. The van der Waals surface area contributed by atoms with Crippen LogP contribution in [0.2, 0.25) is 0 Å². The molecule has 94 valence electrons. The highest BCUT2D eigenvalue weighted by molar-refractivity contribution is 7.14. The Labute approximate surface area is 107 Å². The van der Waals surface area contributed by atoms with Gasteiger partial charge in [0.2, 0.25) is 0 Å². The number of carbonyl (C=O) groups is 1. The lowest BCUT2D eigenvalue weighted by molar-refractivity contribution is 0.0858. The van der Waals surface area contributed by atoms with Crippen LogP contribution in [0.1, 0.15) is 68.3 Å². The molecule has 0 unspecified atom stereocenters. The van der Waals surface area contributed by atoms with Crippen LogP contribution in [0.25, 0.3) is 0 Å². The monoisotopic (exact) mass is 251 g/mol. The lowest BCUT2D eigenvalue weighted by atomic mass is 9.83. The highest BCUT2D eigenvalue weighted by Crippen LogP contribution is 2.42. The number of nitrogens with two attached hydrogens (primary N) is 1. The summed E-state index contributed by atoms with van der Waals surface area (Å²) < 4.78 is 0. The third-order valence-electron chi connectivity index (χ3n) is 3.55. The summed E-state index contributed by atoms with van der Waals surface area (Å²) in [5.41, 5.74) is 7.69. The summed E-state index contributed by atoms with van der Waals surface area (Å²) in [4.78, 5) is 12.5. The number of anilines is 1. The summed E-state index contributed by atoms with van der Waals surface area (Å²) in [6, 6.07) is 0. The van der Waals surface area contributed by atoms with E-state index in [1.165, 1.54) is 42.6 Å². The third kappa shape index (κ3) is 2.39. The van der Waals surface area contributed by atoms with E-state index in [2.05, 4.69) is 5.38 Å². The zero-order chi connectivity index (χ0) is 12.6. The first-order chi connectivity index (χ1) is 7.91. The van der Waals surface area contributed by atoms with E-state index in [1.54, 1.807) is 0 Å². The molecular formula is C14H21NOS. The second kappa shape index (κ2) is 4.45. The van der Waals surface area contributed by atoms with Crippen molar-refractivity contribution in [3.05, 3.63) is 16.5 Å². The Morgan fingerprint density at radius 2 is 1.94 bits per heavy atom. The molecule has 2 nitrogen and oxygen atoms in total. The average Bonchev–Trinajstić information content (AvgIpc) is 2.83. The predicted octanol–water partition coefficient (Wildman–Crippen LogP) is 4.22. The van der Waals surface area contributed by atoms with Crippen molar-refractivity contribution < 1.29 is 4.79 Å². The zero-order valence-electron chi connectivity index (χ0n) is 10.9. The minimum atomic E-state index is -0.345. The number of rotatable bonds is 2. The minimum absolute atomic E-state index is 0.193. The first-order valence-electron chi connectivity index (χ1n) is 6.33. The van der Waals surface area contributed by atoms with E-state index in [1.807, 2.05) is 20.8 Å². The molecular weight excluding hydrogens is 230 g/mol. The van der Waals surface area contributed by atoms with Crippen molar-refractivity contribution in [2.45, 2.75) is 52.4 Å². The fourth-order valence-corrected chi connectivity index (χ4v) is 3.43. The Hall–Kier alpha value is -0.830. The third-order valence-corrected chi connectivity index (χ3v) is 4.38. The molecule has 1 aliphatic carbocycles. The quantitative estimate of drug-likeness (QED) is 0.800. The van der Waals surface area contributed by atoms with Gasteiger partial charge in [-0.05, 0) is 29.7 Å². The van der Waals surface area contributed by atoms with Crippen LogP contribution in [0.4, 0.5) is 5.00 Å². The Morgan fingerprint density at radius 3 is 2.47 bits per heavy atom. The van der Waals surface area contributed by atoms with Gasteiger partial charge in [0.05, 0.1) is 10.6 Å². The Morgan fingerprint density at radius 1 is 1.35 bits per heavy atom. The highest BCUT2D eigenvalue weighted by atomic mass is 32.1. The predicted molar refractivity (Wildman–Crippen MR) is 73.7 cm³/mol. The van der Waals surface area contributed by atoms with E-state index in [4.69, 9.17) is 5.73 Å². The maximum Gasteiger partial charge on any atom is 0.171 e. The average molecular weight is 251 g/mol. The Balaban J connectivity index is 2.39. The van der Waals surface area contributed by atoms with Gasteiger partial charge in [0, 0.05) is 5.41 Å². The van der Waals surface area contributed by atoms with Crippen LogP contribution >= 0.6 is 11.3 Å². The van der Waals surface area contributed by atoms with Crippen LogP contribution in [-0.2, 0) is 0 Å². The second-order valence-electron chi connectivity index (χ2n) is 5.99. The molecule has 1 heterocycles. The summed E-state index contributed by atoms with van der Waals surface area (Å²) in [5.74, 6) is 0.753. The van der Waals surface area contributed by atoms with Crippen molar-refractivity contribution in [2.75, 3.05) is 5.73 Å². The lowest BCUT2D eigenvalue weighted by Crippen LogP contribution is -2.22. The number of hydrogen-bond donors (Lipinski definition) is 1. The molecule has 0 aromatic carbocycles. The molecule has 0 aliphatic heterocycles. The van der Waals surface area contributed by atoms with Gasteiger partial charge in [0.15, 0.2) is 5.78 Å². The van der Waals surface area contributed by atoms with E-state index in [0.29, 0.717) is 10.9 Å². The Kier molecular flexibility index (Phi) is 3.30. The van der Waals surface area contributed by atoms with Gasteiger partial charge in [0.25, 0.3) is 0 Å². The number of thiophene rings is 1. The number of carbonyl (C=O) groups excluding carboxylic acids is 1. The minimum Gasteiger partial charge on any atom is -0.390 e. The van der Waals surface area contributed by atoms with Gasteiger partial charge < -0.3 is 5.73 Å². The van der Waals surface area contributed by atoms with E-state index < -0.39 is 0 Å². The van der Waals surface area contributed by atoms with Crippen molar-refractivity contribution in [3.8, 4) is 0 Å². The molecule has 1 aromatic rings. The van der Waals surface area contributed by atoms with Crippen LogP contribution in [-0.4, -0.2) is 5.78 Å². The van der Waals surface area contributed by atoms with Gasteiger partial charge in [-0.3, -0.25) is 4.79 Å². The fourth-order valence-electron chi connectivity index (χ4n) is 2.54. The van der Waals surface area contributed by atoms with Crippen LogP contribution in [0.3, 0.4) is 0 Å². The van der Waals surface area contributed by atoms with Gasteiger partial charge in [-0.25, -0.2) is 0 Å². The summed E-state index contributed by atoms with van der Waals surface area (Å²) >= 11 is 1.52. The molecule has 0 radical (unpaired) electrons. The largest absolute Gasteiger partial charge is 0.390 e. The maximum absolute atomic E-state index is 12.5. The first kappa shape index (κ1) is 12.6. The summed E-state index contributed by atoms with van der Waals surface area (Å²) in [7, 11) is 0. The van der Waals surface area contributed by atoms with Crippen LogP contribution in [0.5, 0.6) is 0 Å². The Bertz CT molecular complexity index is 422. The molecule has 2 rings (SSSR count). The molecule has 0 spiro atoms. The standard InChI is InChI=1S/C14H21NOS/c1-14(2,3)12(16)11-10(8-17-13(11)15)9-6-4-5-7-9/h8-9H,4-7,15H2,1-3H3. The maximum atomic E-state index is 12.5. The van der Waals surface area contributed by atoms with E-state index in [9.17, 15) is 4.79 Å². The first-order valence-corrected chi connectivity index (χ1v) is 7.21. The smallest absolute Gasteiger partial charge is 0.171 e. The second-order valence-corrected chi connectivity index (χ2v) is 6.90. The van der Waals surface area contributed by atoms with Crippen molar-refractivity contribution in [2.24, 2.45) is 5.41 Å². The topological polar surface area (TPSA) is 43.1 Å². The molecule has 0 bridgehead atoms. The van der Waals surface area contributed by atoms with Crippen LogP contribution in [0.15, 0.2) is 5.38 Å². The van der Waals surface area contributed by atoms with E-state index >= 15 is 0 Å². The number of hydrogen-bond acceptors (Lipinski definition) is 3. The summed E-state index contributed by atoms with van der Waals surface area (Å²) in [6.07, 6.45) is 4.98. The van der Waals surface area contributed by atoms with Crippen LogP contribution in [0, 0.1) is 5.41 Å². The summed E-state index contributed by atoms with van der Waals surface area (Å²) in [5, 5.41) is 2.80. The number of Topliss-reactive ketones (excluding diaryl/α,β-unsaturated/α-hetero) is 1. The number of ketones is 1. The van der Waals surface area contributed by atoms with Gasteiger partial charge >= 0.3 is 0 Å². The molecule has 1 aromatic heterocycles. The SMILES string of the molecule is CC(C)(C)C(=O)c1c(C2CCCC2)csc1N. The molecule has 0 amide bonds. The van der Waals surface area contributed by atoms with Crippen molar-refractivity contribution >= 4 is 22.1 Å². The van der Waals surface area contributed by atoms with Crippen molar-refractivity contribution in [1.82, 2.24) is 0 Å². The van der Waals surface area contributed by atoms with Crippen LogP contribution < -0.4 is 5.73 Å². The molecule has 1 saturated carbocycles. The van der Waals surface area contributed by atoms with E-state index in [-0.39, 0.29) is 11.2 Å². The molecule has 2 N–H and O–H groups in total. The van der Waals surface area contributed by atoms with Crippen molar-refractivity contribution in [1.29, 1.82) is 0 Å². The van der Waals surface area contributed by atoms with Gasteiger partial charge in [-0.2, -0.15) is 0 Å². The van der Waals surface area contributed by atoms with Gasteiger partial charge in [-0.1, -0.05) is 33.6 Å². The van der Waals surface area contributed by atoms with Gasteiger partial charge in [-0.15, -0.1) is 11.3 Å².